The molecule has 0 spiro atoms. The van der Waals surface area contributed by atoms with E-state index in [0.717, 1.165) is 30.1 Å². The molecule has 2 rings (SSSR count). The summed E-state index contributed by atoms with van der Waals surface area (Å²) in [5.41, 5.74) is 4.08. The first kappa shape index (κ1) is 14.8. The molecule has 108 valence electrons. The molecule has 0 unspecified atom stereocenters. The Morgan fingerprint density at radius 2 is 1.81 bits per heavy atom. The number of hydrogen-bond donors (Lipinski definition) is 2. The molecule has 21 heavy (non-hydrogen) atoms. The number of carbonyl (C=O) groups is 2. The number of benzene rings is 1. The van der Waals surface area contributed by atoms with E-state index in [1.807, 2.05) is 24.3 Å². The lowest BCUT2D eigenvalue weighted by atomic mass is 9.99. The number of carboxylic acid groups (broad SMARTS) is 2. The van der Waals surface area contributed by atoms with Crippen LogP contribution in [0.25, 0.3) is 5.57 Å². The molecule has 0 aliphatic heterocycles. The van der Waals surface area contributed by atoms with Crippen LogP contribution in [-0.4, -0.2) is 22.2 Å². The van der Waals surface area contributed by atoms with E-state index in [1.165, 1.54) is 24.6 Å². The van der Waals surface area contributed by atoms with Crippen molar-refractivity contribution in [3.8, 4) is 0 Å². The zero-order chi connectivity index (χ0) is 15.4. The molecule has 1 aliphatic carbocycles. The third-order valence-corrected chi connectivity index (χ3v) is 3.45. The summed E-state index contributed by atoms with van der Waals surface area (Å²) in [6, 6.07) is 7.91. The summed E-state index contributed by atoms with van der Waals surface area (Å²) in [6.45, 7) is 1.50. The Hall–Kier alpha value is -2.62. The van der Waals surface area contributed by atoms with Gasteiger partial charge in [-0.25, -0.2) is 9.59 Å². The van der Waals surface area contributed by atoms with Crippen LogP contribution in [0, 0.1) is 0 Å². The highest BCUT2D eigenvalue weighted by atomic mass is 16.4. The van der Waals surface area contributed by atoms with E-state index in [0.29, 0.717) is 5.57 Å². The van der Waals surface area contributed by atoms with Crippen LogP contribution in [0.1, 0.15) is 24.5 Å². The van der Waals surface area contributed by atoms with Crippen LogP contribution in [0.4, 0.5) is 0 Å². The summed E-state index contributed by atoms with van der Waals surface area (Å²) in [6.07, 6.45) is 5.69. The molecule has 1 aromatic carbocycles. The standard InChI is InChI=1S/C17H16O4/c1-11(17(20)21)10-13(7-9-16(18)19)15-8-6-12-4-2-3-5-14(12)15/h2-5,7,9-10H,6,8H2,1H3,(H,18,19)(H,20,21). The van der Waals surface area contributed by atoms with Crippen molar-refractivity contribution in [1.82, 2.24) is 0 Å². The number of hydrogen-bond acceptors (Lipinski definition) is 2. The third kappa shape index (κ3) is 3.48. The van der Waals surface area contributed by atoms with E-state index in [9.17, 15) is 9.59 Å². The van der Waals surface area contributed by atoms with Crippen LogP contribution in [0.2, 0.25) is 0 Å². The van der Waals surface area contributed by atoms with Crippen molar-refractivity contribution in [2.75, 3.05) is 0 Å². The normalized spacial score (nSPS) is 16.9. The van der Waals surface area contributed by atoms with Crippen LogP contribution in [0.15, 0.2) is 53.6 Å². The smallest absolute Gasteiger partial charge is 0.331 e. The largest absolute Gasteiger partial charge is 0.478 e. The molecule has 0 radical (unpaired) electrons. The Bertz CT molecular complexity index is 678. The Morgan fingerprint density at radius 3 is 2.48 bits per heavy atom. The maximum atomic E-state index is 11.0. The predicted octanol–water partition coefficient (Wildman–Crippen LogP) is 3.06. The minimum atomic E-state index is -1.05. The highest BCUT2D eigenvalue weighted by Gasteiger charge is 2.18. The molecule has 2 N–H and O–H groups in total. The van der Waals surface area contributed by atoms with Crippen molar-refractivity contribution in [2.24, 2.45) is 0 Å². The van der Waals surface area contributed by atoms with Crippen molar-refractivity contribution in [3.05, 3.63) is 64.8 Å². The van der Waals surface area contributed by atoms with Gasteiger partial charge in [-0.15, -0.1) is 0 Å². The molecule has 0 bridgehead atoms. The Labute approximate surface area is 122 Å². The SMILES string of the molecule is CC(=CC(C=CC(=O)O)=C1CCc2ccccc21)C(=O)O. The highest BCUT2D eigenvalue weighted by Crippen LogP contribution is 2.35. The summed E-state index contributed by atoms with van der Waals surface area (Å²) in [4.78, 5) is 21.7. The first-order valence-electron chi connectivity index (χ1n) is 6.63. The number of rotatable bonds is 4. The van der Waals surface area contributed by atoms with Gasteiger partial charge in [0.25, 0.3) is 0 Å². The molecule has 0 saturated carbocycles. The van der Waals surface area contributed by atoms with Crippen molar-refractivity contribution in [2.45, 2.75) is 19.8 Å². The number of aliphatic carboxylic acids is 2. The van der Waals surface area contributed by atoms with E-state index in [1.54, 1.807) is 0 Å². The molecule has 1 aliphatic rings. The number of allylic oxidation sites excluding steroid dienone is 4. The van der Waals surface area contributed by atoms with Gasteiger partial charge in [0.2, 0.25) is 0 Å². The van der Waals surface area contributed by atoms with Gasteiger partial charge in [0, 0.05) is 11.6 Å². The first-order valence-corrected chi connectivity index (χ1v) is 6.63. The monoisotopic (exact) mass is 284 g/mol. The fourth-order valence-electron chi connectivity index (χ4n) is 2.42. The molecular formula is C17H16O4. The molecule has 4 heteroatoms. The lowest BCUT2D eigenvalue weighted by molar-refractivity contribution is -0.133. The number of fused-ring (bicyclic) bond motifs is 1. The second-order valence-corrected chi connectivity index (χ2v) is 4.90. The first-order chi connectivity index (χ1) is 9.99. The summed E-state index contributed by atoms with van der Waals surface area (Å²) >= 11 is 0. The summed E-state index contributed by atoms with van der Waals surface area (Å²) in [5, 5.41) is 17.8. The van der Waals surface area contributed by atoms with E-state index >= 15 is 0 Å². The van der Waals surface area contributed by atoms with Crippen LogP contribution in [-0.2, 0) is 16.0 Å². The number of carboxylic acids is 2. The molecule has 0 aromatic heterocycles. The molecule has 0 heterocycles. The second-order valence-electron chi connectivity index (χ2n) is 4.90. The van der Waals surface area contributed by atoms with Crippen LogP contribution in [0.5, 0.6) is 0 Å². The maximum absolute atomic E-state index is 11.0. The van der Waals surface area contributed by atoms with Crippen LogP contribution >= 0.6 is 0 Å². The summed E-state index contributed by atoms with van der Waals surface area (Å²) < 4.78 is 0. The average Bonchev–Trinajstić information content (AvgIpc) is 2.86. The highest BCUT2D eigenvalue weighted by molar-refractivity contribution is 5.89. The lowest BCUT2D eigenvalue weighted by Gasteiger charge is -2.06. The van der Waals surface area contributed by atoms with Crippen LogP contribution < -0.4 is 0 Å². The Kier molecular flexibility index (Phi) is 4.38. The van der Waals surface area contributed by atoms with Gasteiger partial charge in [-0.3, -0.25) is 0 Å². The van der Waals surface area contributed by atoms with Crippen LogP contribution in [0.3, 0.4) is 0 Å². The second kappa shape index (κ2) is 6.22. The fourth-order valence-corrected chi connectivity index (χ4v) is 2.42. The molecule has 0 atom stereocenters. The van der Waals surface area contributed by atoms with E-state index in [-0.39, 0.29) is 5.57 Å². The predicted molar refractivity (Wildman–Crippen MR) is 79.9 cm³/mol. The summed E-state index contributed by atoms with van der Waals surface area (Å²) in [5.74, 6) is -2.07. The van der Waals surface area contributed by atoms with Gasteiger partial charge in [-0.1, -0.05) is 24.3 Å². The topological polar surface area (TPSA) is 74.6 Å². The minimum absolute atomic E-state index is 0.178. The van der Waals surface area contributed by atoms with Gasteiger partial charge in [0.05, 0.1) is 0 Å². The van der Waals surface area contributed by atoms with Gasteiger partial charge >= 0.3 is 11.9 Å². The minimum Gasteiger partial charge on any atom is -0.478 e. The Morgan fingerprint density at radius 1 is 1.10 bits per heavy atom. The van der Waals surface area contributed by atoms with Crippen molar-refractivity contribution in [3.63, 3.8) is 0 Å². The average molecular weight is 284 g/mol. The van der Waals surface area contributed by atoms with E-state index in [4.69, 9.17) is 10.2 Å². The molecule has 4 nitrogen and oxygen atoms in total. The van der Waals surface area contributed by atoms with Gasteiger partial charge < -0.3 is 10.2 Å². The van der Waals surface area contributed by atoms with Gasteiger partial charge in [0.1, 0.15) is 0 Å². The summed E-state index contributed by atoms with van der Waals surface area (Å²) in [7, 11) is 0. The van der Waals surface area contributed by atoms with E-state index < -0.39 is 11.9 Å². The molecule has 0 fully saturated rings. The van der Waals surface area contributed by atoms with Gasteiger partial charge in [-0.05, 0) is 54.2 Å². The third-order valence-electron chi connectivity index (χ3n) is 3.45. The van der Waals surface area contributed by atoms with Gasteiger partial charge in [0.15, 0.2) is 0 Å². The molecule has 1 aromatic rings. The molecule has 0 saturated heterocycles. The quantitative estimate of drug-likeness (QED) is 0.833. The zero-order valence-electron chi connectivity index (χ0n) is 11.7. The van der Waals surface area contributed by atoms with E-state index in [2.05, 4.69) is 0 Å². The van der Waals surface area contributed by atoms with Crippen molar-refractivity contribution >= 4 is 17.5 Å². The zero-order valence-corrected chi connectivity index (χ0v) is 11.7. The van der Waals surface area contributed by atoms with Gasteiger partial charge in [-0.2, -0.15) is 0 Å². The molecular weight excluding hydrogens is 268 g/mol. The van der Waals surface area contributed by atoms with Crippen molar-refractivity contribution < 1.29 is 19.8 Å². The number of aryl methyl sites for hydroxylation is 1. The Balaban J connectivity index is 2.55. The van der Waals surface area contributed by atoms with Crippen molar-refractivity contribution in [1.29, 1.82) is 0 Å². The lowest BCUT2D eigenvalue weighted by Crippen LogP contribution is -1.97. The fraction of sp³-hybridized carbons (Fsp3) is 0.176. The maximum Gasteiger partial charge on any atom is 0.331 e. The molecule has 0 amide bonds.